The predicted octanol–water partition coefficient (Wildman–Crippen LogP) is 2.50. The standard InChI is InChI=1S/C20H21FN2O3/c1-26-18-8-4-14(5-9-18)11-22-20(25)16-10-19(24)23(13-16)12-15-2-6-17(21)7-3-15/h2-9,16H,10-13H2,1H3,(H,22,25). The summed E-state index contributed by atoms with van der Waals surface area (Å²) in [5.74, 6) is -0.0916. The largest absolute Gasteiger partial charge is 0.497 e. The Balaban J connectivity index is 1.52. The van der Waals surface area contributed by atoms with E-state index in [2.05, 4.69) is 5.32 Å². The molecule has 6 heteroatoms. The van der Waals surface area contributed by atoms with E-state index in [0.717, 1.165) is 16.9 Å². The minimum Gasteiger partial charge on any atom is -0.497 e. The molecule has 0 aromatic heterocycles. The fourth-order valence-electron chi connectivity index (χ4n) is 2.99. The molecular weight excluding hydrogens is 335 g/mol. The van der Waals surface area contributed by atoms with Crippen LogP contribution in [0.3, 0.4) is 0 Å². The number of likely N-dealkylation sites (tertiary alicyclic amines) is 1. The third-order valence-electron chi connectivity index (χ3n) is 4.50. The topological polar surface area (TPSA) is 58.6 Å². The first-order valence-electron chi connectivity index (χ1n) is 8.48. The summed E-state index contributed by atoms with van der Waals surface area (Å²) in [4.78, 5) is 26.2. The molecule has 2 aromatic carbocycles. The van der Waals surface area contributed by atoms with E-state index in [9.17, 15) is 14.0 Å². The Kier molecular flexibility index (Phi) is 5.51. The fourth-order valence-corrected chi connectivity index (χ4v) is 2.99. The predicted molar refractivity (Wildman–Crippen MR) is 94.8 cm³/mol. The maximum atomic E-state index is 13.0. The Bertz CT molecular complexity index is 775. The van der Waals surface area contributed by atoms with Crippen LogP contribution in [-0.4, -0.2) is 30.4 Å². The summed E-state index contributed by atoms with van der Waals surface area (Å²) in [5.41, 5.74) is 1.81. The molecule has 1 unspecified atom stereocenters. The average Bonchev–Trinajstić information content (AvgIpc) is 3.02. The summed E-state index contributed by atoms with van der Waals surface area (Å²) in [5, 5.41) is 2.88. The van der Waals surface area contributed by atoms with Gasteiger partial charge in [0, 0.05) is 26.1 Å². The van der Waals surface area contributed by atoms with E-state index >= 15 is 0 Å². The number of ether oxygens (including phenoxy) is 1. The molecule has 2 aromatic rings. The number of carbonyl (C=O) groups excluding carboxylic acids is 2. The van der Waals surface area contributed by atoms with Gasteiger partial charge in [-0.2, -0.15) is 0 Å². The highest BCUT2D eigenvalue weighted by molar-refractivity contribution is 5.89. The van der Waals surface area contributed by atoms with Gasteiger partial charge in [-0.3, -0.25) is 9.59 Å². The fraction of sp³-hybridized carbons (Fsp3) is 0.300. The molecule has 1 aliphatic rings. The Morgan fingerprint density at radius 1 is 1.15 bits per heavy atom. The number of hydrogen-bond acceptors (Lipinski definition) is 3. The van der Waals surface area contributed by atoms with Gasteiger partial charge in [0.2, 0.25) is 11.8 Å². The van der Waals surface area contributed by atoms with Gasteiger partial charge in [-0.25, -0.2) is 4.39 Å². The number of hydrogen-bond donors (Lipinski definition) is 1. The lowest BCUT2D eigenvalue weighted by atomic mass is 10.1. The van der Waals surface area contributed by atoms with Gasteiger partial charge in [0.1, 0.15) is 11.6 Å². The lowest BCUT2D eigenvalue weighted by Crippen LogP contribution is -2.32. The average molecular weight is 356 g/mol. The third-order valence-corrected chi connectivity index (χ3v) is 4.50. The number of nitrogens with one attached hydrogen (secondary N) is 1. The highest BCUT2D eigenvalue weighted by Crippen LogP contribution is 2.21. The second-order valence-corrected chi connectivity index (χ2v) is 6.37. The highest BCUT2D eigenvalue weighted by Gasteiger charge is 2.34. The van der Waals surface area contributed by atoms with Gasteiger partial charge in [0.05, 0.1) is 13.0 Å². The molecule has 1 saturated heterocycles. The Morgan fingerprint density at radius 3 is 2.46 bits per heavy atom. The molecule has 1 fully saturated rings. The van der Waals surface area contributed by atoms with E-state index in [4.69, 9.17) is 4.74 Å². The summed E-state index contributed by atoms with van der Waals surface area (Å²) < 4.78 is 18.1. The van der Waals surface area contributed by atoms with Crippen LogP contribution in [0.25, 0.3) is 0 Å². The zero-order chi connectivity index (χ0) is 18.5. The number of carbonyl (C=O) groups is 2. The lowest BCUT2D eigenvalue weighted by Gasteiger charge is -2.16. The molecular formula is C20H21FN2O3. The number of halogens is 1. The van der Waals surface area contributed by atoms with Gasteiger partial charge in [0.25, 0.3) is 0 Å². The SMILES string of the molecule is COc1ccc(CNC(=O)C2CC(=O)N(Cc3ccc(F)cc3)C2)cc1. The van der Waals surface area contributed by atoms with Crippen molar-refractivity contribution in [3.05, 3.63) is 65.5 Å². The quantitative estimate of drug-likeness (QED) is 0.865. The first-order valence-corrected chi connectivity index (χ1v) is 8.48. The Morgan fingerprint density at radius 2 is 1.81 bits per heavy atom. The maximum absolute atomic E-state index is 13.0. The van der Waals surface area contributed by atoms with Gasteiger partial charge in [0.15, 0.2) is 0 Å². The van der Waals surface area contributed by atoms with E-state index in [-0.39, 0.29) is 30.0 Å². The van der Waals surface area contributed by atoms with E-state index in [0.29, 0.717) is 19.6 Å². The normalized spacial score (nSPS) is 16.6. The van der Waals surface area contributed by atoms with Crippen LogP contribution in [0.15, 0.2) is 48.5 Å². The minimum atomic E-state index is -0.360. The summed E-state index contributed by atoms with van der Waals surface area (Å²) in [6.45, 7) is 1.18. The molecule has 0 spiro atoms. The van der Waals surface area contributed by atoms with Crippen LogP contribution in [0.1, 0.15) is 17.5 Å². The van der Waals surface area contributed by atoms with Crippen LogP contribution in [0, 0.1) is 11.7 Å². The highest BCUT2D eigenvalue weighted by atomic mass is 19.1. The van der Waals surface area contributed by atoms with Crippen LogP contribution in [0.5, 0.6) is 5.75 Å². The molecule has 0 aliphatic carbocycles. The van der Waals surface area contributed by atoms with Crippen molar-refractivity contribution in [2.45, 2.75) is 19.5 Å². The van der Waals surface area contributed by atoms with Gasteiger partial charge < -0.3 is 15.0 Å². The zero-order valence-electron chi connectivity index (χ0n) is 14.6. The number of nitrogens with zero attached hydrogens (tertiary/aromatic N) is 1. The van der Waals surface area contributed by atoms with Gasteiger partial charge >= 0.3 is 0 Å². The van der Waals surface area contributed by atoms with Crippen molar-refractivity contribution in [3.8, 4) is 5.75 Å². The number of methoxy groups -OCH3 is 1. The third kappa shape index (κ3) is 4.39. The van der Waals surface area contributed by atoms with E-state index < -0.39 is 0 Å². The van der Waals surface area contributed by atoms with Gasteiger partial charge in [-0.1, -0.05) is 24.3 Å². The van der Waals surface area contributed by atoms with Crippen molar-refractivity contribution in [2.24, 2.45) is 5.92 Å². The van der Waals surface area contributed by atoms with Crippen LogP contribution < -0.4 is 10.1 Å². The molecule has 26 heavy (non-hydrogen) atoms. The monoisotopic (exact) mass is 356 g/mol. The van der Waals surface area contributed by atoms with E-state index in [1.54, 1.807) is 24.1 Å². The van der Waals surface area contributed by atoms with Crippen molar-refractivity contribution in [1.82, 2.24) is 10.2 Å². The Labute approximate surface area is 151 Å². The molecule has 0 bridgehead atoms. The van der Waals surface area contributed by atoms with Gasteiger partial charge in [-0.05, 0) is 35.4 Å². The smallest absolute Gasteiger partial charge is 0.225 e. The first-order chi connectivity index (χ1) is 12.5. The minimum absolute atomic E-state index is 0.0566. The van der Waals surface area contributed by atoms with Crippen molar-refractivity contribution in [1.29, 1.82) is 0 Å². The molecule has 1 aliphatic heterocycles. The molecule has 2 amide bonds. The summed E-state index contributed by atoms with van der Waals surface area (Å²) >= 11 is 0. The molecule has 0 radical (unpaired) electrons. The summed E-state index contributed by atoms with van der Waals surface area (Å²) in [7, 11) is 1.60. The Hall–Kier alpha value is -2.89. The van der Waals surface area contributed by atoms with Gasteiger partial charge in [-0.15, -0.1) is 0 Å². The van der Waals surface area contributed by atoms with Crippen LogP contribution in [0.4, 0.5) is 4.39 Å². The molecule has 3 rings (SSSR count). The van der Waals surface area contributed by atoms with E-state index in [1.165, 1.54) is 12.1 Å². The number of rotatable bonds is 6. The summed E-state index contributed by atoms with van der Waals surface area (Å²) in [6.07, 6.45) is 0.204. The second-order valence-electron chi connectivity index (χ2n) is 6.37. The van der Waals surface area contributed by atoms with Crippen LogP contribution >= 0.6 is 0 Å². The molecule has 1 atom stereocenters. The molecule has 1 N–H and O–H groups in total. The van der Waals surface area contributed by atoms with Crippen molar-refractivity contribution >= 4 is 11.8 Å². The first kappa shape index (κ1) is 17.9. The summed E-state index contributed by atoms with van der Waals surface area (Å²) in [6, 6.07) is 13.5. The van der Waals surface area contributed by atoms with Crippen LogP contribution in [0.2, 0.25) is 0 Å². The number of benzene rings is 2. The lowest BCUT2D eigenvalue weighted by molar-refractivity contribution is -0.129. The molecule has 136 valence electrons. The van der Waals surface area contributed by atoms with Crippen LogP contribution in [-0.2, 0) is 22.7 Å². The van der Waals surface area contributed by atoms with Crippen molar-refractivity contribution in [3.63, 3.8) is 0 Å². The molecule has 5 nitrogen and oxygen atoms in total. The zero-order valence-corrected chi connectivity index (χ0v) is 14.6. The molecule has 0 saturated carbocycles. The number of amides is 2. The second kappa shape index (κ2) is 7.99. The van der Waals surface area contributed by atoms with Crippen molar-refractivity contribution < 1.29 is 18.7 Å². The van der Waals surface area contributed by atoms with E-state index in [1.807, 2.05) is 24.3 Å². The maximum Gasteiger partial charge on any atom is 0.225 e. The molecule has 1 heterocycles. The van der Waals surface area contributed by atoms with Crippen molar-refractivity contribution in [2.75, 3.05) is 13.7 Å².